The zero-order valence-electron chi connectivity index (χ0n) is 7.95. The number of hydrogen-bond acceptors (Lipinski definition) is 4. The summed E-state index contributed by atoms with van der Waals surface area (Å²) in [5.74, 6) is -1.05. The largest absolute Gasteiger partial charge is 0.478 e. The molecule has 0 amide bonds. The standard InChI is InChI=1S/C8H9N3O4/c1-6(2-8(12)13)4-10-5-7(3-9-10)11(14)15/h2-3,5H,4H2,1H3,(H,12,13). The molecule has 0 saturated carbocycles. The lowest BCUT2D eigenvalue weighted by molar-refractivity contribution is -0.385. The van der Waals surface area contributed by atoms with Gasteiger partial charge in [0.1, 0.15) is 12.4 Å². The van der Waals surface area contributed by atoms with Crippen LogP contribution in [0.1, 0.15) is 6.92 Å². The summed E-state index contributed by atoms with van der Waals surface area (Å²) in [5.41, 5.74) is 0.443. The van der Waals surface area contributed by atoms with Gasteiger partial charge in [-0.05, 0) is 12.5 Å². The van der Waals surface area contributed by atoms with Gasteiger partial charge in [0.2, 0.25) is 0 Å². The molecule has 0 fully saturated rings. The third-order valence-electron chi connectivity index (χ3n) is 1.61. The van der Waals surface area contributed by atoms with Crippen LogP contribution >= 0.6 is 0 Å². The van der Waals surface area contributed by atoms with Gasteiger partial charge in [0.25, 0.3) is 0 Å². The first kappa shape index (κ1) is 10.9. The maximum atomic E-state index is 10.3. The van der Waals surface area contributed by atoms with E-state index in [1.54, 1.807) is 6.92 Å². The van der Waals surface area contributed by atoms with E-state index < -0.39 is 10.9 Å². The van der Waals surface area contributed by atoms with Crippen LogP contribution in [0.4, 0.5) is 5.69 Å². The first-order chi connectivity index (χ1) is 6.99. The first-order valence-corrected chi connectivity index (χ1v) is 4.06. The van der Waals surface area contributed by atoms with E-state index in [1.807, 2.05) is 0 Å². The Balaban J connectivity index is 2.73. The van der Waals surface area contributed by atoms with Crippen LogP contribution in [-0.2, 0) is 11.3 Å². The minimum absolute atomic E-state index is 0.113. The Hall–Kier alpha value is -2.18. The Morgan fingerprint density at radius 2 is 2.47 bits per heavy atom. The second-order valence-corrected chi connectivity index (χ2v) is 2.98. The van der Waals surface area contributed by atoms with Crippen molar-refractivity contribution in [1.29, 1.82) is 0 Å². The Kier molecular flexibility index (Phi) is 3.17. The van der Waals surface area contributed by atoms with Crippen LogP contribution in [-0.4, -0.2) is 25.8 Å². The van der Waals surface area contributed by atoms with Gasteiger partial charge in [-0.15, -0.1) is 0 Å². The molecule has 1 aromatic rings. The number of nitrogens with zero attached hydrogens (tertiary/aromatic N) is 3. The summed E-state index contributed by atoms with van der Waals surface area (Å²) >= 11 is 0. The molecule has 0 unspecified atom stereocenters. The van der Waals surface area contributed by atoms with Gasteiger partial charge >= 0.3 is 11.7 Å². The van der Waals surface area contributed by atoms with E-state index in [4.69, 9.17) is 5.11 Å². The average Bonchev–Trinajstić information content (AvgIpc) is 2.50. The van der Waals surface area contributed by atoms with Gasteiger partial charge in [-0.3, -0.25) is 14.8 Å². The minimum Gasteiger partial charge on any atom is -0.478 e. The number of carbonyl (C=O) groups is 1. The van der Waals surface area contributed by atoms with Crippen molar-refractivity contribution in [2.45, 2.75) is 13.5 Å². The Labute approximate surface area is 84.8 Å². The van der Waals surface area contributed by atoms with Gasteiger partial charge in [-0.1, -0.05) is 0 Å². The van der Waals surface area contributed by atoms with Crippen LogP contribution in [0.3, 0.4) is 0 Å². The summed E-state index contributed by atoms with van der Waals surface area (Å²) in [6.07, 6.45) is 3.40. The fraction of sp³-hybridized carbons (Fsp3) is 0.250. The molecule has 7 nitrogen and oxygen atoms in total. The number of hydrogen-bond donors (Lipinski definition) is 1. The molecule has 0 atom stereocenters. The van der Waals surface area contributed by atoms with Crippen molar-refractivity contribution >= 4 is 11.7 Å². The molecule has 0 aromatic carbocycles. The van der Waals surface area contributed by atoms with Crippen molar-refractivity contribution in [3.8, 4) is 0 Å². The third kappa shape index (κ3) is 3.22. The summed E-state index contributed by atoms with van der Waals surface area (Å²) in [7, 11) is 0. The zero-order chi connectivity index (χ0) is 11.4. The second-order valence-electron chi connectivity index (χ2n) is 2.98. The number of aliphatic carboxylic acids is 1. The summed E-state index contributed by atoms with van der Waals surface area (Å²) < 4.78 is 1.31. The lowest BCUT2D eigenvalue weighted by atomic mass is 10.3. The van der Waals surface area contributed by atoms with E-state index in [0.29, 0.717) is 5.57 Å². The molecule has 0 spiro atoms. The van der Waals surface area contributed by atoms with Crippen molar-refractivity contribution in [1.82, 2.24) is 9.78 Å². The van der Waals surface area contributed by atoms with Crippen LogP contribution < -0.4 is 0 Å². The summed E-state index contributed by atoms with van der Waals surface area (Å²) in [4.78, 5) is 20.1. The van der Waals surface area contributed by atoms with Gasteiger partial charge in [0.05, 0.1) is 11.5 Å². The molecule has 0 saturated heterocycles. The van der Waals surface area contributed by atoms with Crippen LogP contribution in [0.15, 0.2) is 24.0 Å². The highest BCUT2D eigenvalue weighted by Gasteiger charge is 2.08. The lowest BCUT2D eigenvalue weighted by Gasteiger charge is -1.98. The van der Waals surface area contributed by atoms with Crippen molar-refractivity contribution in [3.63, 3.8) is 0 Å². The van der Waals surface area contributed by atoms with Gasteiger partial charge in [0.15, 0.2) is 0 Å². The number of carboxylic acid groups (broad SMARTS) is 1. The zero-order valence-corrected chi connectivity index (χ0v) is 7.95. The fourth-order valence-electron chi connectivity index (χ4n) is 1.05. The van der Waals surface area contributed by atoms with Gasteiger partial charge in [-0.25, -0.2) is 4.79 Å². The molecule has 1 rings (SSSR count). The average molecular weight is 211 g/mol. The molecular weight excluding hydrogens is 202 g/mol. The molecule has 7 heteroatoms. The Morgan fingerprint density at radius 1 is 1.80 bits per heavy atom. The Bertz CT molecular complexity index is 421. The van der Waals surface area contributed by atoms with Crippen molar-refractivity contribution in [3.05, 3.63) is 34.2 Å². The fourth-order valence-corrected chi connectivity index (χ4v) is 1.05. The van der Waals surface area contributed by atoms with Crippen LogP contribution in [0.25, 0.3) is 0 Å². The van der Waals surface area contributed by atoms with Gasteiger partial charge < -0.3 is 5.11 Å². The molecule has 0 aliphatic heterocycles. The quantitative estimate of drug-likeness (QED) is 0.451. The number of aromatic nitrogens is 2. The maximum absolute atomic E-state index is 10.3. The highest BCUT2D eigenvalue weighted by Crippen LogP contribution is 2.09. The highest BCUT2D eigenvalue weighted by atomic mass is 16.6. The molecular formula is C8H9N3O4. The van der Waals surface area contributed by atoms with Crippen molar-refractivity contribution in [2.24, 2.45) is 0 Å². The van der Waals surface area contributed by atoms with Crippen molar-refractivity contribution < 1.29 is 14.8 Å². The molecule has 0 radical (unpaired) electrons. The number of nitro groups is 1. The Morgan fingerprint density at radius 3 is 2.93 bits per heavy atom. The van der Waals surface area contributed by atoms with Crippen LogP contribution in [0, 0.1) is 10.1 Å². The third-order valence-corrected chi connectivity index (χ3v) is 1.61. The van der Waals surface area contributed by atoms with Gasteiger partial charge in [0, 0.05) is 6.08 Å². The predicted octanol–water partition coefficient (Wildman–Crippen LogP) is 0.822. The van der Waals surface area contributed by atoms with E-state index >= 15 is 0 Å². The number of carboxylic acids is 1. The molecule has 1 aromatic heterocycles. The number of allylic oxidation sites excluding steroid dienone is 1. The van der Waals surface area contributed by atoms with Gasteiger partial charge in [-0.2, -0.15) is 5.10 Å². The van der Waals surface area contributed by atoms with Crippen LogP contribution in [0.5, 0.6) is 0 Å². The van der Waals surface area contributed by atoms with E-state index in [0.717, 1.165) is 12.3 Å². The van der Waals surface area contributed by atoms with E-state index in [9.17, 15) is 14.9 Å². The summed E-state index contributed by atoms with van der Waals surface area (Å²) in [5, 5.41) is 22.5. The van der Waals surface area contributed by atoms with E-state index in [-0.39, 0.29) is 12.2 Å². The molecule has 0 aliphatic carbocycles. The SMILES string of the molecule is CC(=CC(=O)O)Cn1cc([N+](=O)[O-])cn1. The maximum Gasteiger partial charge on any atom is 0.328 e. The lowest BCUT2D eigenvalue weighted by Crippen LogP contribution is -2.01. The predicted molar refractivity (Wildman–Crippen MR) is 50.3 cm³/mol. The summed E-state index contributed by atoms with van der Waals surface area (Å²) in [6, 6.07) is 0. The van der Waals surface area contributed by atoms with E-state index in [2.05, 4.69) is 5.10 Å². The van der Waals surface area contributed by atoms with Crippen molar-refractivity contribution in [2.75, 3.05) is 0 Å². The number of rotatable bonds is 4. The summed E-state index contributed by atoms with van der Waals surface area (Å²) in [6.45, 7) is 1.84. The first-order valence-electron chi connectivity index (χ1n) is 4.06. The minimum atomic E-state index is -1.05. The monoisotopic (exact) mass is 211 g/mol. The topological polar surface area (TPSA) is 98.3 Å². The second kappa shape index (κ2) is 4.36. The smallest absolute Gasteiger partial charge is 0.328 e. The molecule has 80 valence electrons. The normalized spacial score (nSPS) is 11.4. The van der Waals surface area contributed by atoms with E-state index in [1.165, 1.54) is 10.9 Å². The molecule has 1 N–H and O–H groups in total. The molecule has 15 heavy (non-hydrogen) atoms. The molecule has 1 heterocycles. The highest BCUT2D eigenvalue weighted by molar-refractivity contribution is 5.80. The van der Waals surface area contributed by atoms with Crippen LogP contribution in [0.2, 0.25) is 0 Å². The molecule has 0 bridgehead atoms. The molecule has 0 aliphatic rings.